The third-order valence-corrected chi connectivity index (χ3v) is 4.02. The van der Waals surface area contributed by atoms with Gasteiger partial charge in [0.05, 0.1) is 0 Å². The summed E-state index contributed by atoms with van der Waals surface area (Å²) in [5.74, 6) is 2.69. The lowest BCUT2D eigenvalue weighted by atomic mass is 9.81. The molecule has 0 amide bonds. The zero-order chi connectivity index (χ0) is 12.4. The largest absolute Gasteiger partial charge is 0.317 e. The fourth-order valence-electron chi connectivity index (χ4n) is 2.50. The van der Waals surface area contributed by atoms with E-state index in [9.17, 15) is 0 Å². The molecule has 0 aliphatic heterocycles. The standard InChI is InChI=1S/C15H33N/c1-6-10-14(8-3)11-15(12-16-9-4)13(5)7-2/h13-16H,6-12H2,1-5H3. The van der Waals surface area contributed by atoms with Crippen LogP contribution in [0, 0.1) is 17.8 Å². The lowest BCUT2D eigenvalue weighted by Crippen LogP contribution is -2.28. The topological polar surface area (TPSA) is 12.0 Å². The third-order valence-electron chi connectivity index (χ3n) is 4.02. The summed E-state index contributed by atoms with van der Waals surface area (Å²) in [5.41, 5.74) is 0. The van der Waals surface area contributed by atoms with Crippen molar-refractivity contribution in [2.75, 3.05) is 13.1 Å². The van der Waals surface area contributed by atoms with Gasteiger partial charge in [-0.05, 0) is 37.3 Å². The molecule has 0 aromatic carbocycles. The maximum atomic E-state index is 3.54. The van der Waals surface area contributed by atoms with Crippen LogP contribution in [-0.4, -0.2) is 13.1 Å². The second-order valence-corrected chi connectivity index (χ2v) is 5.25. The molecule has 0 aromatic heterocycles. The lowest BCUT2D eigenvalue weighted by molar-refractivity contribution is 0.254. The molecule has 0 aliphatic carbocycles. The highest BCUT2D eigenvalue weighted by Crippen LogP contribution is 2.26. The molecule has 1 N–H and O–H groups in total. The Hall–Kier alpha value is -0.0400. The minimum absolute atomic E-state index is 0.866. The highest BCUT2D eigenvalue weighted by Gasteiger charge is 2.19. The monoisotopic (exact) mass is 227 g/mol. The second-order valence-electron chi connectivity index (χ2n) is 5.25. The van der Waals surface area contributed by atoms with Crippen LogP contribution in [-0.2, 0) is 0 Å². The minimum atomic E-state index is 0.866. The van der Waals surface area contributed by atoms with E-state index >= 15 is 0 Å². The number of hydrogen-bond donors (Lipinski definition) is 1. The zero-order valence-corrected chi connectivity index (χ0v) is 12.2. The maximum Gasteiger partial charge on any atom is -0.00180 e. The summed E-state index contributed by atoms with van der Waals surface area (Å²) >= 11 is 0. The SMILES string of the molecule is CCCC(CC)CC(CNCC)C(C)CC. The van der Waals surface area contributed by atoms with Gasteiger partial charge in [-0.15, -0.1) is 0 Å². The molecule has 0 rings (SSSR count). The van der Waals surface area contributed by atoms with E-state index in [1.807, 2.05) is 0 Å². The Morgan fingerprint density at radius 1 is 1.00 bits per heavy atom. The lowest BCUT2D eigenvalue weighted by Gasteiger charge is -2.27. The van der Waals surface area contributed by atoms with Crippen molar-refractivity contribution in [3.8, 4) is 0 Å². The van der Waals surface area contributed by atoms with E-state index in [1.165, 1.54) is 38.6 Å². The van der Waals surface area contributed by atoms with Gasteiger partial charge in [-0.2, -0.15) is 0 Å². The summed E-state index contributed by atoms with van der Waals surface area (Å²) in [6.45, 7) is 13.9. The van der Waals surface area contributed by atoms with Gasteiger partial charge in [0.1, 0.15) is 0 Å². The van der Waals surface area contributed by atoms with Crippen LogP contribution < -0.4 is 5.32 Å². The van der Waals surface area contributed by atoms with Crippen molar-refractivity contribution in [1.82, 2.24) is 5.32 Å². The molecule has 3 atom stereocenters. The Bertz CT molecular complexity index is 144. The third kappa shape index (κ3) is 6.52. The summed E-state index contributed by atoms with van der Waals surface area (Å²) in [4.78, 5) is 0. The summed E-state index contributed by atoms with van der Waals surface area (Å²) in [5, 5.41) is 3.54. The van der Waals surface area contributed by atoms with Crippen LogP contribution in [0.25, 0.3) is 0 Å². The molecule has 3 unspecified atom stereocenters. The van der Waals surface area contributed by atoms with Crippen molar-refractivity contribution in [2.45, 2.75) is 66.7 Å². The van der Waals surface area contributed by atoms with Crippen LogP contribution in [0.2, 0.25) is 0 Å². The van der Waals surface area contributed by atoms with E-state index in [2.05, 4.69) is 39.9 Å². The van der Waals surface area contributed by atoms with Gasteiger partial charge < -0.3 is 5.32 Å². The molecule has 0 saturated carbocycles. The van der Waals surface area contributed by atoms with E-state index < -0.39 is 0 Å². The van der Waals surface area contributed by atoms with Gasteiger partial charge in [0.25, 0.3) is 0 Å². The van der Waals surface area contributed by atoms with Crippen LogP contribution in [0.4, 0.5) is 0 Å². The predicted octanol–water partition coefficient (Wildman–Crippen LogP) is 4.47. The van der Waals surface area contributed by atoms with Crippen LogP contribution in [0.15, 0.2) is 0 Å². The molecule has 0 spiro atoms. The van der Waals surface area contributed by atoms with Gasteiger partial charge >= 0.3 is 0 Å². The van der Waals surface area contributed by atoms with Gasteiger partial charge in [0.2, 0.25) is 0 Å². The van der Waals surface area contributed by atoms with Gasteiger partial charge in [-0.1, -0.05) is 60.3 Å². The number of hydrogen-bond acceptors (Lipinski definition) is 1. The molecule has 0 aromatic rings. The van der Waals surface area contributed by atoms with Crippen molar-refractivity contribution in [1.29, 1.82) is 0 Å². The van der Waals surface area contributed by atoms with E-state index in [1.54, 1.807) is 0 Å². The molecule has 0 saturated heterocycles. The molecule has 1 nitrogen and oxygen atoms in total. The normalized spacial score (nSPS) is 17.1. The van der Waals surface area contributed by atoms with Crippen molar-refractivity contribution in [3.05, 3.63) is 0 Å². The Balaban J connectivity index is 4.15. The first-order valence-corrected chi connectivity index (χ1v) is 7.40. The Morgan fingerprint density at radius 2 is 1.69 bits per heavy atom. The minimum Gasteiger partial charge on any atom is -0.317 e. The highest BCUT2D eigenvalue weighted by atomic mass is 14.8. The fraction of sp³-hybridized carbons (Fsp3) is 1.00. The maximum absolute atomic E-state index is 3.54. The highest BCUT2D eigenvalue weighted by molar-refractivity contribution is 4.72. The van der Waals surface area contributed by atoms with Crippen LogP contribution in [0.3, 0.4) is 0 Å². The summed E-state index contributed by atoms with van der Waals surface area (Å²) in [7, 11) is 0. The molecule has 0 aliphatic rings. The summed E-state index contributed by atoms with van der Waals surface area (Å²) < 4.78 is 0. The van der Waals surface area contributed by atoms with Crippen LogP contribution in [0.5, 0.6) is 0 Å². The molecule has 98 valence electrons. The van der Waals surface area contributed by atoms with E-state index in [0.29, 0.717) is 0 Å². The summed E-state index contributed by atoms with van der Waals surface area (Å²) in [6.07, 6.45) is 6.85. The second kappa shape index (κ2) is 10.1. The van der Waals surface area contributed by atoms with Crippen molar-refractivity contribution in [3.63, 3.8) is 0 Å². The first-order chi connectivity index (χ1) is 7.69. The first kappa shape index (κ1) is 16.0. The van der Waals surface area contributed by atoms with E-state index in [0.717, 1.165) is 24.3 Å². The Kier molecular flexibility index (Phi) is 10.1. The average Bonchev–Trinajstić information content (AvgIpc) is 2.32. The van der Waals surface area contributed by atoms with Crippen molar-refractivity contribution in [2.24, 2.45) is 17.8 Å². The molecule has 0 fully saturated rings. The predicted molar refractivity (Wildman–Crippen MR) is 74.8 cm³/mol. The Morgan fingerprint density at radius 3 is 2.12 bits per heavy atom. The molecule has 1 heteroatoms. The number of nitrogens with one attached hydrogen (secondary N) is 1. The number of rotatable bonds is 10. The van der Waals surface area contributed by atoms with E-state index in [-0.39, 0.29) is 0 Å². The van der Waals surface area contributed by atoms with Gasteiger partial charge in [-0.3, -0.25) is 0 Å². The Labute approximate surface area is 103 Å². The molecular formula is C15H33N. The summed E-state index contributed by atoms with van der Waals surface area (Å²) in [6, 6.07) is 0. The zero-order valence-electron chi connectivity index (χ0n) is 12.2. The smallest absolute Gasteiger partial charge is 0.00180 e. The van der Waals surface area contributed by atoms with Crippen molar-refractivity contribution < 1.29 is 0 Å². The van der Waals surface area contributed by atoms with Crippen LogP contribution in [0.1, 0.15) is 66.7 Å². The van der Waals surface area contributed by atoms with Crippen LogP contribution >= 0.6 is 0 Å². The van der Waals surface area contributed by atoms with Crippen molar-refractivity contribution >= 4 is 0 Å². The fourth-order valence-corrected chi connectivity index (χ4v) is 2.50. The van der Waals surface area contributed by atoms with Gasteiger partial charge in [-0.25, -0.2) is 0 Å². The first-order valence-electron chi connectivity index (χ1n) is 7.40. The molecule has 0 radical (unpaired) electrons. The average molecular weight is 227 g/mol. The van der Waals surface area contributed by atoms with Gasteiger partial charge in [0.15, 0.2) is 0 Å². The molecule has 0 bridgehead atoms. The molecular weight excluding hydrogens is 194 g/mol. The van der Waals surface area contributed by atoms with E-state index in [4.69, 9.17) is 0 Å². The molecule has 16 heavy (non-hydrogen) atoms. The molecule has 0 heterocycles. The quantitative estimate of drug-likeness (QED) is 0.580. The van der Waals surface area contributed by atoms with Gasteiger partial charge in [0, 0.05) is 0 Å².